The Hall–Kier alpha value is -2.47. The smallest absolute Gasteiger partial charge is 0.191 e. The minimum absolute atomic E-state index is 0.376. The van der Waals surface area contributed by atoms with Crippen LogP contribution in [0.1, 0.15) is 17.0 Å². The highest BCUT2D eigenvalue weighted by Gasteiger charge is 2.10. The molecule has 0 radical (unpaired) electrons. The third kappa shape index (κ3) is 4.54. The maximum absolute atomic E-state index is 5.78. The van der Waals surface area contributed by atoms with E-state index in [0.29, 0.717) is 6.61 Å². The molecule has 5 nitrogen and oxygen atoms in total. The van der Waals surface area contributed by atoms with Gasteiger partial charge in [-0.15, -0.1) is 10.2 Å². The lowest BCUT2D eigenvalue weighted by molar-refractivity contribution is 0.290. The van der Waals surface area contributed by atoms with Crippen molar-refractivity contribution in [3.05, 3.63) is 65.5 Å². The fourth-order valence-electron chi connectivity index (χ4n) is 2.37. The molecule has 0 amide bonds. The molecule has 0 fully saturated rings. The number of hydrogen-bond donors (Lipinski definition) is 0. The molecule has 25 heavy (non-hydrogen) atoms. The minimum atomic E-state index is 0.376. The van der Waals surface area contributed by atoms with E-state index in [-0.39, 0.29) is 0 Å². The number of aromatic nitrogens is 3. The zero-order valence-electron chi connectivity index (χ0n) is 14.6. The molecule has 0 unspecified atom stereocenters. The molecule has 0 N–H and O–H groups in total. The van der Waals surface area contributed by atoms with Gasteiger partial charge in [-0.3, -0.25) is 0 Å². The van der Waals surface area contributed by atoms with E-state index in [2.05, 4.69) is 41.4 Å². The van der Waals surface area contributed by atoms with Crippen molar-refractivity contribution in [3.8, 4) is 11.5 Å². The van der Waals surface area contributed by atoms with Crippen molar-refractivity contribution < 1.29 is 9.47 Å². The highest BCUT2D eigenvalue weighted by molar-refractivity contribution is 7.98. The summed E-state index contributed by atoms with van der Waals surface area (Å²) in [6, 6.07) is 16.0. The number of hydrogen-bond acceptors (Lipinski definition) is 5. The quantitative estimate of drug-likeness (QED) is 0.600. The van der Waals surface area contributed by atoms with Gasteiger partial charge in [0.2, 0.25) is 0 Å². The van der Waals surface area contributed by atoms with E-state index in [1.165, 1.54) is 11.1 Å². The van der Waals surface area contributed by atoms with Crippen molar-refractivity contribution in [2.45, 2.75) is 24.4 Å². The largest absolute Gasteiger partial charge is 0.497 e. The Morgan fingerprint density at radius 1 is 1.04 bits per heavy atom. The van der Waals surface area contributed by atoms with Crippen molar-refractivity contribution in [1.29, 1.82) is 0 Å². The minimum Gasteiger partial charge on any atom is -0.497 e. The molecule has 0 saturated carbocycles. The molecule has 0 aliphatic carbocycles. The third-order valence-electron chi connectivity index (χ3n) is 3.80. The number of methoxy groups -OCH3 is 1. The zero-order valence-corrected chi connectivity index (χ0v) is 15.4. The van der Waals surface area contributed by atoms with Gasteiger partial charge in [0.05, 0.1) is 7.11 Å². The van der Waals surface area contributed by atoms with Gasteiger partial charge in [0.25, 0.3) is 0 Å². The van der Waals surface area contributed by atoms with Gasteiger partial charge >= 0.3 is 0 Å². The average molecular weight is 355 g/mol. The maximum Gasteiger partial charge on any atom is 0.191 e. The Balaban J connectivity index is 1.58. The van der Waals surface area contributed by atoms with Gasteiger partial charge in [-0.25, -0.2) is 0 Å². The SMILES string of the molecule is COc1ccc(OCc2nnc(SCc3cccc(C)c3)n2C)cc1. The number of thioether (sulfide) groups is 1. The Labute approximate surface area is 152 Å². The molecule has 130 valence electrons. The summed E-state index contributed by atoms with van der Waals surface area (Å²) in [6.45, 7) is 2.48. The topological polar surface area (TPSA) is 49.2 Å². The fraction of sp³-hybridized carbons (Fsp3) is 0.263. The Bertz CT molecular complexity index is 831. The summed E-state index contributed by atoms with van der Waals surface area (Å²) in [5, 5.41) is 9.39. The van der Waals surface area contributed by atoms with E-state index in [0.717, 1.165) is 28.2 Å². The molecule has 0 atom stereocenters. The first-order chi connectivity index (χ1) is 12.2. The maximum atomic E-state index is 5.78. The van der Waals surface area contributed by atoms with Crippen LogP contribution in [-0.2, 0) is 19.4 Å². The Morgan fingerprint density at radius 2 is 1.80 bits per heavy atom. The van der Waals surface area contributed by atoms with Crippen LogP contribution in [-0.4, -0.2) is 21.9 Å². The first kappa shape index (κ1) is 17.4. The highest BCUT2D eigenvalue weighted by Crippen LogP contribution is 2.22. The molecule has 0 aliphatic rings. The monoisotopic (exact) mass is 355 g/mol. The molecule has 0 aliphatic heterocycles. The van der Waals surface area contributed by atoms with Crippen LogP contribution in [0.4, 0.5) is 0 Å². The van der Waals surface area contributed by atoms with Crippen LogP contribution in [0, 0.1) is 6.92 Å². The normalized spacial score (nSPS) is 10.7. The van der Waals surface area contributed by atoms with Crippen LogP contribution in [0.3, 0.4) is 0 Å². The lowest BCUT2D eigenvalue weighted by Crippen LogP contribution is -2.04. The molecule has 0 saturated heterocycles. The first-order valence-corrected chi connectivity index (χ1v) is 8.98. The zero-order chi connectivity index (χ0) is 17.6. The van der Waals surface area contributed by atoms with Crippen LogP contribution in [0.5, 0.6) is 11.5 Å². The summed E-state index contributed by atoms with van der Waals surface area (Å²) in [4.78, 5) is 0. The summed E-state index contributed by atoms with van der Waals surface area (Å²) in [5.74, 6) is 3.24. The third-order valence-corrected chi connectivity index (χ3v) is 4.89. The van der Waals surface area contributed by atoms with E-state index < -0.39 is 0 Å². The molecule has 0 bridgehead atoms. The standard InChI is InChI=1S/C19H21N3O2S/c1-14-5-4-6-15(11-14)13-25-19-21-20-18(22(19)2)12-24-17-9-7-16(23-3)8-10-17/h4-11H,12-13H2,1-3H3. The van der Waals surface area contributed by atoms with Gasteiger partial charge in [-0.2, -0.15) is 0 Å². The summed E-state index contributed by atoms with van der Waals surface area (Å²) in [5.41, 5.74) is 2.55. The molecule has 0 spiro atoms. The second-order valence-electron chi connectivity index (χ2n) is 5.70. The van der Waals surface area contributed by atoms with Crippen molar-refractivity contribution in [2.75, 3.05) is 7.11 Å². The number of aryl methyl sites for hydroxylation is 1. The number of benzene rings is 2. The van der Waals surface area contributed by atoms with Crippen LogP contribution in [0.2, 0.25) is 0 Å². The van der Waals surface area contributed by atoms with E-state index in [1.54, 1.807) is 18.9 Å². The van der Waals surface area contributed by atoms with Crippen molar-refractivity contribution in [3.63, 3.8) is 0 Å². The predicted molar refractivity (Wildman–Crippen MR) is 99.1 cm³/mol. The average Bonchev–Trinajstić information content (AvgIpc) is 2.98. The Kier molecular flexibility index (Phi) is 5.60. The van der Waals surface area contributed by atoms with Crippen LogP contribution in [0.15, 0.2) is 53.7 Å². The number of nitrogens with zero attached hydrogens (tertiary/aromatic N) is 3. The summed E-state index contributed by atoms with van der Waals surface area (Å²) >= 11 is 1.67. The second kappa shape index (κ2) is 8.07. The predicted octanol–water partition coefficient (Wildman–Crippen LogP) is 4.00. The second-order valence-corrected chi connectivity index (χ2v) is 6.64. The molecular weight excluding hydrogens is 334 g/mol. The van der Waals surface area contributed by atoms with Crippen molar-refractivity contribution in [1.82, 2.24) is 14.8 Å². The molecule has 1 heterocycles. The van der Waals surface area contributed by atoms with Gasteiger partial charge in [0.15, 0.2) is 11.0 Å². The lowest BCUT2D eigenvalue weighted by Gasteiger charge is -2.07. The van der Waals surface area contributed by atoms with E-state index in [4.69, 9.17) is 9.47 Å². The molecule has 3 rings (SSSR count). The molecular formula is C19H21N3O2S. The fourth-order valence-corrected chi connectivity index (χ4v) is 3.24. The van der Waals surface area contributed by atoms with Crippen molar-refractivity contribution >= 4 is 11.8 Å². The van der Waals surface area contributed by atoms with Crippen LogP contribution < -0.4 is 9.47 Å². The van der Waals surface area contributed by atoms with Gasteiger partial charge in [0.1, 0.15) is 18.1 Å². The van der Waals surface area contributed by atoms with Crippen LogP contribution in [0.25, 0.3) is 0 Å². The Morgan fingerprint density at radius 3 is 2.52 bits per heavy atom. The summed E-state index contributed by atoms with van der Waals surface area (Å²) in [7, 11) is 3.61. The van der Waals surface area contributed by atoms with Gasteiger partial charge < -0.3 is 14.0 Å². The molecule has 1 aromatic heterocycles. The van der Waals surface area contributed by atoms with Gasteiger partial charge in [-0.05, 0) is 36.8 Å². The van der Waals surface area contributed by atoms with Gasteiger partial charge in [-0.1, -0.05) is 41.6 Å². The summed E-state index contributed by atoms with van der Waals surface area (Å²) in [6.07, 6.45) is 0. The van der Waals surface area contributed by atoms with E-state index in [9.17, 15) is 0 Å². The van der Waals surface area contributed by atoms with E-state index >= 15 is 0 Å². The van der Waals surface area contributed by atoms with Gasteiger partial charge in [0, 0.05) is 12.8 Å². The first-order valence-electron chi connectivity index (χ1n) is 7.99. The number of rotatable bonds is 7. The molecule has 3 aromatic rings. The van der Waals surface area contributed by atoms with E-state index in [1.807, 2.05) is 35.9 Å². The summed E-state index contributed by atoms with van der Waals surface area (Å²) < 4.78 is 12.9. The molecule has 6 heteroatoms. The van der Waals surface area contributed by atoms with Crippen molar-refractivity contribution in [2.24, 2.45) is 7.05 Å². The van der Waals surface area contributed by atoms with Crippen LogP contribution >= 0.6 is 11.8 Å². The number of ether oxygens (including phenoxy) is 2. The highest BCUT2D eigenvalue weighted by atomic mass is 32.2. The lowest BCUT2D eigenvalue weighted by atomic mass is 10.2. The molecule has 2 aromatic carbocycles.